The molecule has 5 rings (SSSR count). The number of rotatable bonds is 4. The topological polar surface area (TPSA) is 61.9 Å². The average molecular weight is 510 g/mol. The van der Waals surface area contributed by atoms with Gasteiger partial charge in [-0.1, -0.05) is 65.7 Å². The lowest BCUT2D eigenvalue weighted by atomic mass is 9.78. The largest absolute Gasteiger partial charge is 0.495 e. The molecule has 1 unspecified atom stereocenters. The predicted octanol–water partition coefficient (Wildman–Crippen LogP) is 4.71. The minimum absolute atomic E-state index is 0.0909. The van der Waals surface area contributed by atoms with Crippen LogP contribution in [0.5, 0.6) is 5.75 Å². The number of amides is 2. The van der Waals surface area contributed by atoms with Crippen molar-refractivity contribution in [3.8, 4) is 5.75 Å². The molecule has 6 nitrogen and oxygen atoms in total. The second-order valence-corrected chi connectivity index (χ2v) is 9.84. The Morgan fingerprint density at radius 3 is 2.40 bits per heavy atom. The fourth-order valence-electron chi connectivity index (χ4n) is 5.30. The van der Waals surface area contributed by atoms with E-state index in [0.717, 1.165) is 11.1 Å². The highest BCUT2D eigenvalue weighted by atomic mass is 35.5. The molecule has 2 aliphatic heterocycles. The summed E-state index contributed by atoms with van der Waals surface area (Å²) in [5.74, 6) is 0.0678. The molecule has 0 radical (unpaired) electrons. The van der Waals surface area contributed by atoms with Crippen molar-refractivity contribution in [2.75, 3.05) is 26.5 Å². The normalized spacial score (nSPS) is 21.2. The van der Waals surface area contributed by atoms with Gasteiger partial charge in [0.1, 0.15) is 5.75 Å². The van der Waals surface area contributed by atoms with E-state index >= 15 is 0 Å². The third kappa shape index (κ3) is 3.59. The first-order valence-corrected chi connectivity index (χ1v) is 12.0. The SMILES string of the molecule is COc1cc2c(cc1Cl)C(c1ccccc1Cl)(N1Cc3ccccc3C[C@H]1C(=O)N(C)C)C(=O)N2. The molecule has 180 valence electrons. The number of carbonyl (C=O) groups is 2. The molecule has 2 aliphatic rings. The molecular weight excluding hydrogens is 485 g/mol. The van der Waals surface area contributed by atoms with Crippen LogP contribution in [0.3, 0.4) is 0 Å². The van der Waals surface area contributed by atoms with Gasteiger partial charge in [0.15, 0.2) is 5.54 Å². The van der Waals surface area contributed by atoms with E-state index in [4.69, 9.17) is 27.9 Å². The maximum atomic E-state index is 14.1. The summed E-state index contributed by atoms with van der Waals surface area (Å²) in [6, 6.07) is 18.1. The van der Waals surface area contributed by atoms with E-state index in [1.807, 2.05) is 47.4 Å². The molecule has 0 aromatic heterocycles. The van der Waals surface area contributed by atoms with Gasteiger partial charge in [0.05, 0.1) is 23.9 Å². The van der Waals surface area contributed by atoms with Gasteiger partial charge in [0.2, 0.25) is 5.91 Å². The summed E-state index contributed by atoms with van der Waals surface area (Å²) in [6.45, 7) is 0.377. The van der Waals surface area contributed by atoms with Crippen molar-refractivity contribution in [3.63, 3.8) is 0 Å². The summed E-state index contributed by atoms with van der Waals surface area (Å²) in [4.78, 5) is 31.3. The fourth-order valence-corrected chi connectivity index (χ4v) is 5.82. The van der Waals surface area contributed by atoms with E-state index in [0.29, 0.717) is 45.6 Å². The van der Waals surface area contributed by atoms with E-state index in [1.54, 1.807) is 37.2 Å². The zero-order chi connectivity index (χ0) is 24.9. The van der Waals surface area contributed by atoms with Gasteiger partial charge < -0.3 is 15.0 Å². The quantitative estimate of drug-likeness (QED) is 0.552. The van der Waals surface area contributed by atoms with Crippen LogP contribution in [-0.2, 0) is 28.1 Å². The molecule has 0 bridgehead atoms. The molecule has 2 heterocycles. The number of carbonyl (C=O) groups excluding carboxylic acids is 2. The summed E-state index contributed by atoms with van der Waals surface area (Å²) >= 11 is 13.4. The molecule has 3 aromatic carbocycles. The van der Waals surface area contributed by atoms with Crippen LogP contribution < -0.4 is 10.1 Å². The van der Waals surface area contributed by atoms with Crippen LogP contribution in [0.25, 0.3) is 0 Å². The molecule has 35 heavy (non-hydrogen) atoms. The van der Waals surface area contributed by atoms with Crippen LogP contribution in [0.4, 0.5) is 5.69 Å². The molecule has 2 amide bonds. The van der Waals surface area contributed by atoms with Crippen molar-refractivity contribution in [3.05, 3.63) is 93.0 Å². The zero-order valence-corrected chi connectivity index (χ0v) is 21.2. The minimum atomic E-state index is -1.38. The van der Waals surface area contributed by atoms with Crippen LogP contribution in [0.15, 0.2) is 60.7 Å². The monoisotopic (exact) mass is 509 g/mol. The highest BCUT2D eigenvalue weighted by Crippen LogP contribution is 2.52. The van der Waals surface area contributed by atoms with E-state index < -0.39 is 11.6 Å². The average Bonchev–Trinajstić information content (AvgIpc) is 3.13. The summed E-state index contributed by atoms with van der Waals surface area (Å²) < 4.78 is 5.40. The second-order valence-electron chi connectivity index (χ2n) is 9.03. The number of likely N-dealkylation sites (N-methyl/N-ethyl adjacent to an activating group) is 1. The molecule has 0 saturated carbocycles. The maximum Gasteiger partial charge on any atom is 0.254 e. The molecule has 2 atom stereocenters. The number of ether oxygens (including phenoxy) is 1. The van der Waals surface area contributed by atoms with E-state index in [2.05, 4.69) is 5.32 Å². The van der Waals surface area contributed by atoms with Crippen molar-refractivity contribution >= 4 is 40.7 Å². The first-order valence-electron chi connectivity index (χ1n) is 11.3. The van der Waals surface area contributed by atoms with Crippen LogP contribution in [0.1, 0.15) is 22.3 Å². The van der Waals surface area contributed by atoms with E-state index in [9.17, 15) is 9.59 Å². The third-order valence-electron chi connectivity index (χ3n) is 6.93. The van der Waals surface area contributed by atoms with Crippen molar-refractivity contribution in [1.82, 2.24) is 9.80 Å². The number of hydrogen-bond donors (Lipinski definition) is 1. The van der Waals surface area contributed by atoms with Crippen molar-refractivity contribution in [2.24, 2.45) is 0 Å². The molecule has 0 aliphatic carbocycles. The Morgan fingerprint density at radius 1 is 1.03 bits per heavy atom. The number of benzene rings is 3. The number of methoxy groups -OCH3 is 1. The second kappa shape index (κ2) is 8.86. The minimum Gasteiger partial charge on any atom is -0.495 e. The van der Waals surface area contributed by atoms with E-state index in [1.165, 1.54) is 7.11 Å². The smallest absolute Gasteiger partial charge is 0.254 e. The van der Waals surface area contributed by atoms with Crippen molar-refractivity contribution < 1.29 is 14.3 Å². The van der Waals surface area contributed by atoms with Crippen molar-refractivity contribution in [1.29, 1.82) is 0 Å². The highest BCUT2D eigenvalue weighted by molar-refractivity contribution is 6.33. The molecule has 8 heteroatoms. The predicted molar refractivity (Wildman–Crippen MR) is 137 cm³/mol. The lowest BCUT2D eigenvalue weighted by Gasteiger charge is -2.47. The van der Waals surface area contributed by atoms with Gasteiger partial charge in [-0.3, -0.25) is 14.5 Å². The van der Waals surface area contributed by atoms with Gasteiger partial charge in [-0.15, -0.1) is 0 Å². The van der Waals surface area contributed by atoms with Crippen molar-refractivity contribution in [2.45, 2.75) is 24.5 Å². The maximum absolute atomic E-state index is 14.1. The fraction of sp³-hybridized carbons (Fsp3) is 0.259. The summed E-state index contributed by atoms with van der Waals surface area (Å²) in [6.07, 6.45) is 0.464. The first-order chi connectivity index (χ1) is 16.8. The zero-order valence-electron chi connectivity index (χ0n) is 19.6. The van der Waals surface area contributed by atoms with Gasteiger partial charge in [0, 0.05) is 42.9 Å². The molecule has 1 N–H and O–H groups in total. The summed E-state index contributed by atoms with van der Waals surface area (Å²) in [5, 5.41) is 3.82. The van der Waals surface area contributed by atoms with Gasteiger partial charge in [-0.05, 0) is 29.7 Å². The van der Waals surface area contributed by atoms with Crippen LogP contribution in [0.2, 0.25) is 10.0 Å². The van der Waals surface area contributed by atoms with Crippen LogP contribution >= 0.6 is 23.2 Å². The Hall–Kier alpha value is -3.06. The molecule has 0 saturated heterocycles. The summed E-state index contributed by atoms with van der Waals surface area (Å²) in [7, 11) is 4.99. The number of fused-ring (bicyclic) bond motifs is 2. The van der Waals surface area contributed by atoms with E-state index in [-0.39, 0.29) is 11.8 Å². The Bertz CT molecular complexity index is 1340. The standard InChI is InChI=1S/C27H25Cl2N3O3/c1-31(2)25(33)23-12-16-8-4-5-9-17(16)15-32(23)27(18-10-6-7-11-20(18)28)19-13-21(29)24(35-3)14-22(19)30-26(27)34/h4-11,13-14,23H,12,15H2,1-3H3,(H,30,34)/t23-,27?/m0/s1. The molecular formula is C27H25Cl2N3O3. The van der Waals surface area contributed by atoms with Crippen LogP contribution in [0, 0.1) is 0 Å². The Morgan fingerprint density at radius 2 is 1.71 bits per heavy atom. The lowest BCUT2D eigenvalue weighted by molar-refractivity contribution is -0.141. The van der Waals surface area contributed by atoms with Gasteiger partial charge in [-0.25, -0.2) is 0 Å². The molecule has 3 aromatic rings. The number of nitrogens with one attached hydrogen (secondary N) is 1. The van der Waals surface area contributed by atoms with Gasteiger partial charge >= 0.3 is 0 Å². The molecule has 0 spiro atoms. The number of halogens is 2. The van der Waals surface area contributed by atoms with Gasteiger partial charge in [0.25, 0.3) is 5.91 Å². The Kier molecular flexibility index (Phi) is 5.99. The Balaban J connectivity index is 1.83. The third-order valence-corrected chi connectivity index (χ3v) is 7.55. The van der Waals surface area contributed by atoms with Crippen LogP contribution in [-0.4, -0.2) is 48.9 Å². The first kappa shape index (κ1) is 23.7. The summed E-state index contributed by atoms with van der Waals surface area (Å²) in [5.41, 5.74) is 2.57. The number of nitrogens with zero attached hydrogens (tertiary/aromatic N) is 2. The van der Waals surface area contributed by atoms with Gasteiger partial charge in [-0.2, -0.15) is 0 Å². The lowest BCUT2D eigenvalue weighted by Crippen LogP contribution is -2.61. The highest BCUT2D eigenvalue weighted by Gasteiger charge is 2.57. The molecule has 0 fully saturated rings. The number of anilines is 1. The number of hydrogen-bond acceptors (Lipinski definition) is 4. The Labute approximate surface area is 214 Å².